The molecule has 2 aromatic rings. The fourth-order valence-electron chi connectivity index (χ4n) is 1.18. The second kappa shape index (κ2) is 3.81. The third-order valence-electron chi connectivity index (χ3n) is 1.79. The van der Waals surface area contributed by atoms with E-state index in [9.17, 15) is 0 Å². The van der Waals surface area contributed by atoms with Crippen LogP contribution in [-0.4, -0.2) is 0 Å². The number of halogens is 2. The highest BCUT2D eigenvalue weighted by Gasteiger charge is 2.06. The largest absolute Gasteiger partial charge is 0.142 e. The highest BCUT2D eigenvalue weighted by molar-refractivity contribution is 9.08. The minimum absolute atomic E-state index is 0.762. The van der Waals surface area contributed by atoms with Crippen LogP contribution in [0.3, 0.4) is 0 Å². The van der Waals surface area contributed by atoms with Gasteiger partial charge in [-0.15, -0.1) is 24.0 Å². The Kier molecular flexibility index (Phi) is 2.88. The Morgan fingerprint density at radius 3 is 2.92 bits per heavy atom. The minimum Gasteiger partial charge on any atom is -0.142 e. The second-order valence-electron chi connectivity index (χ2n) is 2.66. The van der Waals surface area contributed by atoms with Crippen LogP contribution < -0.4 is 0 Å². The Hall–Kier alpha value is 0.300. The fraction of sp³-hybridized carbons (Fsp3) is 0.111. The molecule has 1 aromatic carbocycles. The smallest absolute Gasteiger partial charge is 0.0717 e. The van der Waals surface area contributed by atoms with Crippen LogP contribution in [0.1, 0.15) is 4.88 Å². The molecule has 0 saturated heterocycles. The molecule has 0 bridgehead atoms. The summed E-state index contributed by atoms with van der Waals surface area (Å²) in [6.45, 7) is 0. The Morgan fingerprint density at radius 2 is 2.23 bits per heavy atom. The first-order valence-corrected chi connectivity index (χ1v) is 6.44. The summed E-state index contributed by atoms with van der Waals surface area (Å²) in [5.74, 6) is 0. The highest BCUT2D eigenvalue weighted by atomic mass is 79.9. The Labute approximate surface area is 99.4 Å². The van der Waals surface area contributed by atoms with Gasteiger partial charge >= 0.3 is 0 Å². The van der Waals surface area contributed by atoms with Gasteiger partial charge in [-0.05, 0) is 17.5 Å². The van der Waals surface area contributed by atoms with Crippen molar-refractivity contribution in [3.05, 3.63) is 28.1 Å². The van der Waals surface area contributed by atoms with E-state index in [1.54, 1.807) is 11.3 Å². The van der Waals surface area contributed by atoms with Crippen molar-refractivity contribution < 1.29 is 0 Å². The number of thiophene rings is 1. The minimum atomic E-state index is 0.762. The van der Waals surface area contributed by atoms with E-state index in [1.807, 2.05) is 12.1 Å². The summed E-state index contributed by atoms with van der Waals surface area (Å²) in [5.41, 5.74) is 0. The highest BCUT2D eigenvalue weighted by Crippen LogP contribution is 2.36. The van der Waals surface area contributed by atoms with E-state index in [0.717, 1.165) is 19.9 Å². The zero-order valence-electron chi connectivity index (χ0n) is 6.55. The normalized spacial score (nSPS) is 11.0. The summed E-state index contributed by atoms with van der Waals surface area (Å²) < 4.78 is 1.13. The van der Waals surface area contributed by atoms with Gasteiger partial charge in [-0.1, -0.05) is 33.6 Å². The molecule has 1 aromatic heterocycles. The Morgan fingerprint density at radius 1 is 1.46 bits per heavy atom. The molecule has 0 fully saturated rings. The van der Waals surface area contributed by atoms with Crippen LogP contribution in [0.4, 0.5) is 0 Å². The van der Waals surface area contributed by atoms with Gasteiger partial charge in [0.25, 0.3) is 0 Å². The molecule has 0 atom stereocenters. The lowest BCUT2D eigenvalue weighted by molar-refractivity contribution is 1.54. The van der Waals surface area contributed by atoms with Crippen molar-refractivity contribution in [1.29, 1.82) is 0 Å². The quantitative estimate of drug-likeness (QED) is 0.570. The number of hydrogen-bond donors (Lipinski definition) is 1. The van der Waals surface area contributed by atoms with Gasteiger partial charge in [0.1, 0.15) is 0 Å². The van der Waals surface area contributed by atoms with Crippen LogP contribution in [0, 0.1) is 0 Å². The number of fused-ring (bicyclic) bond motifs is 1. The maximum Gasteiger partial charge on any atom is 0.0717 e. The van der Waals surface area contributed by atoms with E-state index in [2.05, 4.69) is 34.6 Å². The maximum absolute atomic E-state index is 6.12. The third-order valence-corrected chi connectivity index (χ3v) is 4.94. The maximum atomic E-state index is 6.12. The van der Waals surface area contributed by atoms with Gasteiger partial charge in [-0.25, -0.2) is 0 Å². The van der Waals surface area contributed by atoms with E-state index < -0.39 is 0 Å². The lowest BCUT2D eigenvalue weighted by Gasteiger charge is -1.96. The number of alkyl halides is 1. The van der Waals surface area contributed by atoms with Crippen molar-refractivity contribution in [2.24, 2.45) is 0 Å². The van der Waals surface area contributed by atoms with E-state index in [-0.39, 0.29) is 0 Å². The zero-order chi connectivity index (χ0) is 9.42. The first kappa shape index (κ1) is 9.84. The lowest BCUT2D eigenvalue weighted by atomic mass is 10.2. The van der Waals surface area contributed by atoms with E-state index in [4.69, 9.17) is 11.6 Å². The number of rotatable bonds is 1. The molecule has 0 aliphatic carbocycles. The Bertz CT molecular complexity index is 450. The molecule has 0 spiro atoms. The summed E-state index contributed by atoms with van der Waals surface area (Å²) >= 11 is 15.5. The van der Waals surface area contributed by atoms with E-state index in [1.165, 1.54) is 10.3 Å². The van der Waals surface area contributed by atoms with Gasteiger partial charge in [0.2, 0.25) is 0 Å². The monoisotopic (exact) mass is 292 g/mol. The van der Waals surface area contributed by atoms with Crippen molar-refractivity contribution in [3.8, 4) is 0 Å². The molecular weight excluding hydrogens is 288 g/mol. The van der Waals surface area contributed by atoms with Crippen LogP contribution in [-0.2, 0) is 5.33 Å². The summed E-state index contributed by atoms with van der Waals surface area (Å²) in [7, 11) is 0. The van der Waals surface area contributed by atoms with Crippen LogP contribution in [0.5, 0.6) is 0 Å². The average Bonchev–Trinajstić information content (AvgIpc) is 2.55. The van der Waals surface area contributed by atoms with Gasteiger partial charge in [0.15, 0.2) is 0 Å². The van der Waals surface area contributed by atoms with Crippen molar-refractivity contribution in [1.82, 2.24) is 0 Å². The van der Waals surface area contributed by atoms with Crippen molar-refractivity contribution in [2.75, 3.05) is 0 Å². The van der Waals surface area contributed by atoms with Gasteiger partial charge in [0, 0.05) is 15.1 Å². The Balaban J connectivity index is 2.76. The van der Waals surface area contributed by atoms with Crippen LogP contribution >= 0.6 is 51.5 Å². The molecule has 0 aliphatic heterocycles. The molecule has 0 radical (unpaired) electrons. The molecule has 0 amide bonds. The van der Waals surface area contributed by atoms with Crippen LogP contribution in [0.15, 0.2) is 23.1 Å². The standard InChI is InChI=1S/C9H6BrClS2/c10-4-6-3-5-1-2-7(12)8(11)9(5)13-6/h1-3,12H,4H2. The zero-order valence-corrected chi connectivity index (χ0v) is 10.6. The molecule has 1 heterocycles. The molecule has 0 nitrogen and oxygen atoms in total. The van der Waals surface area contributed by atoms with Crippen LogP contribution in [0.25, 0.3) is 10.1 Å². The summed E-state index contributed by atoms with van der Waals surface area (Å²) in [6.07, 6.45) is 0. The van der Waals surface area contributed by atoms with E-state index >= 15 is 0 Å². The lowest BCUT2D eigenvalue weighted by Crippen LogP contribution is -1.68. The average molecular weight is 294 g/mol. The molecule has 0 N–H and O–H groups in total. The summed E-state index contributed by atoms with van der Waals surface area (Å²) in [4.78, 5) is 2.13. The molecule has 2 rings (SSSR count). The molecule has 0 saturated carbocycles. The molecule has 4 heteroatoms. The SMILES string of the molecule is Sc1ccc2cc(CBr)sc2c1Cl. The van der Waals surface area contributed by atoms with Crippen molar-refractivity contribution in [3.63, 3.8) is 0 Å². The first-order chi connectivity index (χ1) is 6.22. The number of hydrogen-bond acceptors (Lipinski definition) is 2. The summed E-state index contributed by atoms with van der Waals surface area (Å²) in [6, 6.07) is 6.12. The molecule has 0 aliphatic rings. The molecular formula is C9H6BrClS2. The van der Waals surface area contributed by atoms with Crippen molar-refractivity contribution in [2.45, 2.75) is 10.2 Å². The molecule has 0 unspecified atom stereocenters. The number of thiol groups is 1. The first-order valence-electron chi connectivity index (χ1n) is 3.68. The van der Waals surface area contributed by atoms with Gasteiger partial charge in [-0.2, -0.15) is 0 Å². The fourth-order valence-corrected chi connectivity index (χ4v) is 3.18. The van der Waals surface area contributed by atoms with Gasteiger partial charge < -0.3 is 0 Å². The third kappa shape index (κ3) is 1.75. The van der Waals surface area contributed by atoms with Crippen LogP contribution in [0.2, 0.25) is 5.02 Å². The molecule has 13 heavy (non-hydrogen) atoms. The van der Waals surface area contributed by atoms with E-state index in [0.29, 0.717) is 0 Å². The second-order valence-corrected chi connectivity index (χ2v) is 5.22. The number of benzene rings is 1. The predicted octanol–water partition coefficient (Wildman–Crippen LogP) is 4.74. The van der Waals surface area contributed by atoms with Crippen molar-refractivity contribution >= 4 is 61.6 Å². The molecule has 68 valence electrons. The predicted molar refractivity (Wildman–Crippen MR) is 66.7 cm³/mol. The van der Waals surface area contributed by atoms with Gasteiger partial charge in [-0.3, -0.25) is 0 Å². The topological polar surface area (TPSA) is 0 Å². The van der Waals surface area contributed by atoms with Gasteiger partial charge in [0.05, 0.1) is 9.72 Å². The summed E-state index contributed by atoms with van der Waals surface area (Å²) in [5, 5.41) is 2.84.